The van der Waals surface area contributed by atoms with E-state index in [4.69, 9.17) is 4.52 Å². The number of hydrogen-bond acceptors (Lipinski definition) is 7. The van der Waals surface area contributed by atoms with Crippen LogP contribution in [0.1, 0.15) is 73.2 Å². The molecule has 2 aromatic heterocycles. The van der Waals surface area contributed by atoms with E-state index in [1.54, 1.807) is 19.2 Å². The van der Waals surface area contributed by atoms with E-state index in [9.17, 15) is 13.2 Å². The molecule has 0 aliphatic heterocycles. The highest BCUT2D eigenvalue weighted by Crippen LogP contribution is 2.44. The Balaban J connectivity index is 1.63. The zero-order valence-electron chi connectivity index (χ0n) is 17.6. The summed E-state index contributed by atoms with van der Waals surface area (Å²) in [6.45, 7) is 5.45. The van der Waals surface area contributed by atoms with Crippen LogP contribution in [0.15, 0.2) is 21.7 Å². The van der Waals surface area contributed by atoms with Crippen molar-refractivity contribution >= 4 is 15.7 Å². The molecule has 2 aliphatic rings. The third kappa shape index (κ3) is 4.71. The van der Waals surface area contributed by atoms with E-state index >= 15 is 0 Å². The average molecular weight is 433 g/mol. The molecule has 2 heterocycles. The van der Waals surface area contributed by atoms with Crippen LogP contribution in [-0.4, -0.2) is 41.2 Å². The molecule has 9 heteroatoms. The molecule has 8 nitrogen and oxygen atoms in total. The van der Waals surface area contributed by atoms with Crippen molar-refractivity contribution < 1.29 is 17.7 Å². The number of rotatable bonds is 9. The van der Waals surface area contributed by atoms with Crippen LogP contribution in [-0.2, 0) is 16.3 Å². The van der Waals surface area contributed by atoms with Gasteiger partial charge in [-0.1, -0.05) is 19.0 Å². The lowest BCUT2D eigenvalue weighted by Crippen LogP contribution is -2.39. The molecule has 2 fully saturated rings. The minimum Gasteiger partial charge on any atom is -0.347 e. The van der Waals surface area contributed by atoms with Crippen LogP contribution in [0.2, 0.25) is 0 Å². The SMILES string of the molecule is Cc1nc(CC(NC(=O)c2nccc(C3CC3)c2S(=O)(=O)CC(C)C)C2CC2)no1. The van der Waals surface area contributed by atoms with Crippen LogP contribution >= 0.6 is 0 Å². The van der Waals surface area contributed by atoms with Gasteiger partial charge in [0.15, 0.2) is 15.7 Å². The molecule has 0 saturated heterocycles. The maximum Gasteiger partial charge on any atom is 0.271 e. The van der Waals surface area contributed by atoms with Crippen LogP contribution in [0.5, 0.6) is 0 Å². The first-order chi connectivity index (χ1) is 14.2. The van der Waals surface area contributed by atoms with E-state index in [0.717, 1.165) is 31.2 Å². The number of pyridine rings is 1. The number of carbonyl (C=O) groups excluding carboxylic acids is 1. The normalized spacial score (nSPS) is 17.9. The highest BCUT2D eigenvalue weighted by molar-refractivity contribution is 7.91. The van der Waals surface area contributed by atoms with Gasteiger partial charge in [0.25, 0.3) is 5.91 Å². The van der Waals surface area contributed by atoms with Crippen LogP contribution < -0.4 is 5.32 Å². The van der Waals surface area contributed by atoms with Gasteiger partial charge >= 0.3 is 0 Å². The van der Waals surface area contributed by atoms with Crippen LogP contribution in [0, 0.1) is 18.8 Å². The van der Waals surface area contributed by atoms with Gasteiger partial charge in [-0.15, -0.1) is 0 Å². The number of nitrogens with zero attached hydrogens (tertiary/aromatic N) is 3. The Morgan fingerprint density at radius 1 is 1.27 bits per heavy atom. The summed E-state index contributed by atoms with van der Waals surface area (Å²) >= 11 is 0. The zero-order valence-corrected chi connectivity index (χ0v) is 18.4. The fraction of sp³-hybridized carbons (Fsp3) is 0.619. The van der Waals surface area contributed by atoms with Gasteiger partial charge in [0.05, 0.1) is 5.75 Å². The third-order valence-electron chi connectivity index (χ3n) is 5.51. The van der Waals surface area contributed by atoms with E-state index in [1.807, 2.05) is 13.8 Å². The van der Waals surface area contributed by atoms with Crippen molar-refractivity contribution in [3.05, 3.63) is 35.2 Å². The summed E-state index contributed by atoms with van der Waals surface area (Å²) in [5, 5.41) is 6.95. The Morgan fingerprint density at radius 3 is 2.57 bits per heavy atom. The van der Waals surface area contributed by atoms with Crippen LogP contribution in [0.4, 0.5) is 0 Å². The number of nitrogens with one attached hydrogen (secondary N) is 1. The standard InChI is InChI=1S/C21H28N4O4S/c1-12(2)11-30(27,28)20-16(14-4-5-14)8-9-22-19(20)21(26)24-17(15-6-7-15)10-18-23-13(3)29-25-18/h8-9,12,14-15,17H,4-7,10-11H2,1-3H3,(H,24,26). The first-order valence-corrected chi connectivity index (χ1v) is 12.2. The maximum atomic E-state index is 13.2. The second-order valence-electron chi connectivity index (χ2n) is 8.88. The summed E-state index contributed by atoms with van der Waals surface area (Å²) in [6, 6.07) is 1.57. The van der Waals surface area contributed by atoms with E-state index in [1.165, 1.54) is 0 Å². The number of hydrogen-bond donors (Lipinski definition) is 1. The molecule has 4 rings (SSSR count). The second kappa shape index (κ2) is 8.09. The Morgan fingerprint density at radius 2 is 2.00 bits per heavy atom. The monoisotopic (exact) mass is 432 g/mol. The first-order valence-electron chi connectivity index (χ1n) is 10.6. The predicted octanol–water partition coefficient (Wildman–Crippen LogP) is 2.83. The predicted molar refractivity (Wildman–Crippen MR) is 110 cm³/mol. The van der Waals surface area contributed by atoms with E-state index in [0.29, 0.717) is 24.1 Å². The lowest BCUT2D eigenvalue weighted by atomic mass is 10.1. The van der Waals surface area contributed by atoms with Crippen molar-refractivity contribution in [1.82, 2.24) is 20.4 Å². The summed E-state index contributed by atoms with van der Waals surface area (Å²) in [5.74, 6) is 1.04. The number of sulfone groups is 1. The maximum absolute atomic E-state index is 13.2. The molecule has 1 atom stereocenters. The highest BCUT2D eigenvalue weighted by Gasteiger charge is 2.37. The summed E-state index contributed by atoms with van der Waals surface area (Å²) in [7, 11) is -3.63. The second-order valence-corrected chi connectivity index (χ2v) is 10.8. The largest absolute Gasteiger partial charge is 0.347 e. The Bertz CT molecular complexity index is 1040. The summed E-state index contributed by atoms with van der Waals surface area (Å²) in [6.07, 6.45) is 5.90. The van der Waals surface area contributed by atoms with E-state index in [2.05, 4.69) is 20.4 Å². The van der Waals surface area contributed by atoms with Crippen LogP contribution in [0.3, 0.4) is 0 Å². The molecular formula is C21H28N4O4S. The van der Waals surface area contributed by atoms with Gasteiger partial charge in [-0.05, 0) is 55.1 Å². The highest BCUT2D eigenvalue weighted by atomic mass is 32.2. The third-order valence-corrected chi connectivity index (χ3v) is 7.67. The molecule has 2 aliphatic carbocycles. The van der Waals surface area contributed by atoms with Crippen LogP contribution in [0.25, 0.3) is 0 Å². The van der Waals surface area contributed by atoms with E-state index in [-0.39, 0.29) is 34.2 Å². The molecule has 0 aromatic carbocycles. The minimum absolute atomic E-state index is 0.00706. The van der Waals surface area contributed by atoms with E-state index < -0.39 is 15.7 Å². The number of carbonyl (C=O) groups is 1. The molecule has 1 N–H and O–H groups in total. The lowest BCUT2D eigenvalue weighted by Gasteiger charge is -2.19. The van der Waals surface area contributed by atoms with Gasteiger partial charge in [0.2, 0.25) is 5.89 Å². The molecular weight excluding hydrogens is 404 g/mol. The number of aromatic nitrogens is 3. The van der Waals surface area contributed by atoms with Crippen molar-refractivity contribution in [2.24, 2.45) is 11.8 Å². The smallest absolute Gasteiger partial charge is 0.271 e. The molecule has 0 radical (unpaired) electrons. The molecule has 1 unspecified atom stereocenters. The number of amides is 1. The quantitative estimate of drug-likeness (QED) is 0.648. The summed E-state index contributed by atoms with van der Waals surface area (Å²) in [4.78, 5) is 21.8. The van der Waals surface area contributed by atoms with Gasteiger partial charge in [-0.3, -0.25) is 4.79 Å². The molecule has 30 heavy (non-hydrogen) atoms. The first kappa shape index (κ1) is 21.0. The Hall–Kier alpha value is -2.29. The fourth-order valence-corrected chi connectivity index (χ4v) is 5.96. The Kier molecular flexibility index (Phi) is 5.65. The zero-order chi connectivity index (χ0) is 21.5. The summed E-state index contributed by atoms with van der Waals surface area (Å²) < 4.78 is 31.4. The van der Waals surface area contributed by atoms with Crippen molar-refractivity contribution in [3.63, 3.8) is 0 Å². The molecule has 0 spiro atoms. The lowest BCUT2D eigenvalue weighted by molar-refractivity contribution is 0.0922. The molecule has 0 bridgehead atoms. The Labute approximate surface area is 176 Å². The molecule has 2 aromatic rings. The molecule has 162 valence electrons. The van der Waals surface area contributed by atoms with Gasteiger partial charge in [-0.25, -0.2) is 13.4 Å². The van der Waals surface area contributed by atoms with Crippen molar-refractivity contribution in [2.75, 3.05) is 5.75 Å². The van der Waals surface area contributed by atoms with Gasteiger partial charge in [-0.2, -0.15) is 4.98 Å². The van der Waals surface area contributed by atoms with Crippen molar-refractivity contribution in [2.45, 2.75) is 69.7 Å². The fourth-order valence-electron chi connectivity index (χ4n) is 3.88. The molecule has 2 saturated carbocycles. The van der Waals surface area contributed by atoms with Crippen molar-refractivity contribution in [3.8, 4) is 0 Å². The van der Waals surface area contributed by atoms with Gasteiger partial charge < -0.3 is 9.84 Å². The van der Waals surface area contributed by atoms with Crippen molar-refractivity contribution in [1.29, 1.82) is 0 Å². The minimum atomic E-state index is -3.63. The summed E-state index contributed by atoms with van der Waals surface area (Å²) in [5.41, 5.74) is 0.738. The van der Waals surface area contributed by atoms with Gasteiger partial charge in [0, 0.05) is 25.6 Å². The van der Waals surface area contributed by atoms with Gasteiger partial charge in [0.1, 0.15) is 10.6 Å². The molecule has 1 amide bonds. The number of aryl methyl sites for hydroxylation is 1. The topological polar surface area (TPSA) is 115 Å². The average Bonchev–Trinajstić information content (AvgIpc) is 3.58.